The second-order valence-electron chi connectivity index (χ2n) is 15.2. The van der Waals surface area contributed by atoms with Gasteiger partial charge in [0.1, 0.15) is 31.1 Å². The minimum Gasteiger partial charge on any atom is -0.457 e. The molecule has 0 spiro atoms. The van der Waals surface area contributed by atoms with Crippen molar-refractivity contribution in [2.45, 2.75) is 129 Å². The molecule has 1 aromatic rings. The second kappa shape index (κ2) is 17.8. The molecule has 4 rings (SSSR count). The van der Waals surface area contributed by atoms with Crippen molar-refractivity contribution < 1.29 is 52.7 Å². The molecule has 15 heteroatoms. The van der Waals surface area contributed by atoms with Crippen LogP contribution < -0.4 is 0 Å². The molecule has 0 radical (unpaired) electrons. The Kier molecular flexibility index (Phi) is 14.2. The highest BCUT2D eigenvalue weighted by molar-refractivity contribution is 6.00. The van der Waals surface area contributed by atoms with Crippen molar-refractivity contribution in [2.75, 3.05) is 27.8 Å². The molecule has 3 aliphatic heterocycles. The van der Waals surface area contributed by atoms with E-state index in [-0.39, 0.29) is 31.6 Å². The topological polar surface area (TPSA) is 177 Å². The van der Waals surface area contributed by atoms with Crippen LogP contribution in [-0.2, 0) is 42.8 Å². The van der Waals surface area contributed by atoms with E-state index in [0.717, 1.165) is 5.56 Å². The maximum Gasteiger partial charge on any atom is 0.509 e. The smallest absolute Gasteiger partial charge is 0.457 e. The fourth-order valence-electron chi connectivity index (χ4n) is 7.97. The molecule has 0 saturated carbocycles. The van der Waals surface area contributed by atoms with E-state index in [4.69, 9.17) is 33.3 Å². The van der Waals surface area contributed by atoms with Gasteiger partial charge in [0, 0.05) is 48.9 Å². The van der Waals surface area contributed by atoms with E-state index >= 15 is 0 Å². The van der Waals surface area contributed by atoms with Gasteiger partial charge >= 0.3 is 12.1 Å². The quantitative estimate of drug-likeness (QED) is 0.165. The van der Waals surface area contributed by atoms with Gasteiger partial charge in [0.2, 0.25) is 0 Å². The molecule has 3 saturated heterocycles. The van der Waals surface area contributed by atoms with E-state index in [1.165, 1.54) is 20.4 Å². The Bertz CT molecular complexity index is 1480. The van der Waals surface area contributed by atoms with Crippen LogP contribution in [0.4, 0.5) is 4.79 Å². The molecule has 0 amide bonds. The number of hydrogen-bond acceptors (Lipinski definition) is 15. The Morgan fingerprint density at radius 3 is 2.36 bits per heavy atom. The van der Waals surface area contributed by atoms with Crippen LogP contribution in [0.15, 0.2) is 30.0 Å². The van der Waals surface area contributed by atoms with Crippen molar-refractivity contribution in [1.82, 2.24) is 14.9 Å². The number of esters is 1. The first-order valence-corrected chi connectivity index (χ1v) is 18.4. The molecule has 0 aliphatic carbocycles. The molecule has 0 bridgehead atoms. The predicted octanol–water partition coefficient (Wildman–Crippen LogP) is 4.21. The molecular weight excluding hydrogens is 688 g/mol. The summed E-state index contributed by atoms with van der Waals surface area (Å²) in [5, 5.41) is 16.1. The number of aliphatic hydroxyl groups is 1. The van der Waals surface area contributed by atoms with Crippen molar-refractivity contribution in [2.24, 2.45) is 28.8 Å². The lowest BCUT2D eigenvalue weighted by Crippen LogP contribution is -2.59. The SMILES string of the molecule is CC[C@H]1OC(=O)[C@H](C)C(=O)[C@H](C)[C@@H](O[C@H]2O[C@H](C)C[C@H](N(C)C)[C@H]2O)[C@](C)(OC)C[C@@H](C)/C(=N\OC/C=C/c2cncnc2)[C@H](C)[C@@H]2OC(=O)O[C@]12C. The van der Waals surface area contributed by atoms with Gasteiger partial charge in [0.05, 0.1) is 23.5 Å². The van der Waals surface area contributed by atoms with Gasteiger partial charge in [-0.05, 0) is 67.1 Å². The minimum absolute atomic E-state index is 0.101. The van der Waals surface area contributed by atoms with Gasteiger partial charge in [-0.25, -0.2) is 14.8 Å². The zero-order valence-electron chi connectivity index (χ0n) is 32.9. The van der Waals surface area contributed by atoms with Gasteiger partial charge in [-0.2, -0.15) is 0 Å². The number of oxime groups is 1. The van der Waals surface area contributed by atoms with Gasteiger partial charge in [-0.1, -0.05) is 38.9 Å². The molecule has 4 heterocycles. The summed E-state index contributed by atoms with van der Waals surface area (Å²) in [5.74, 6) is -4.40. The predicted molar refractivity (Wildman–Crippen MR) is 193 cm³/mol. The number of aromatic nitrogens is 2. The van der Waals surface area contributed by atoms with Crippen LogP contribution >= 0.6 is 0 Å². The van der Waals surface area contributed by atoms with Gasteiger partial charge in [0.25, 0.3) is 0 Å². The zero-order valence-corrected chi connectivity index (χ0v) is 32.9. The van der Waals surface area contributed by atoms with Crippen LogP contribution in [0.2, 0.25) is 0 Å². The number of methoxy groups -OCH3 is 1. The number of cyclic esters (lactones) is 1. The summed E-state index contributed by atoms with van der Waals surface area (Å²) in [7, 11) is 5.28. The summed E-state index contributed by atoms with van der Waals surface area (Å²) in [5.41, 5.74) is -1.34. The highest BCUT2D eigenvalue weighted by atomic mass is 16.8. The van der Waals surface area contributed by atoms with Crippen LogP contribution in [0.5, 0.6) is 0 Å². The number of ether oxygens (including phenoxy) is 6. The summed E-state index contributed by atoms with van der Waals surface area (Å²) < 4.78 is 36.6. The molecule has 13 atom stereocenters. The molecule has 15 nitrogen and oxygen atoms in total. The van der Waals surface area contributed by atoms with Crippen LogP contribution in [0, 0.1) is 23.7 Å². The largest absolute Gasteiger partial charge is 0.509 e. The monoisotopic (exact) mass is 746 g/mol. The Hall–Kier alpha value is -3.50. The fourth-order valence-corrected chi connectivity index (χ4v) is 7.97. The molecule has 0 aromatic carbocycles. The Morgan fingerprint density at radius 2 is 1.74 bits per heavy atom. The van der Waals surface area contributed by atoms with Gasteiger partial charge in [-0.15, -0.1) is 0 Å². The summed E-state index contributed by atoms with van der Waals surface area (Å²) in [6.07, 6.45) is 3.20. The Balaban J connectivity index is 1.79. The number of carbonyl (C=O) groups is 3. The van der Waals surface area contributed by atoms with E-state index in [0.29, 0.717) is 12.1 Å². The van der Waals surface area contributed by atoms with E-state index < -0.39 is 83.5 Å². The van der Waals surface area contributed by atoms with E-state index in [1.807, 2.05) is 46.7 Å². The second-order valence-corrected chi connectivity index (χ2v) is 15.2. The molecule has 296 valence electrons. The van der Waals surface area contributed by atoms with Crippen molar-refractivity contribution >= 4 is 29.7 Å². The summed E-state index contributed by atoms with van der Waals surface area (Å²) in [4.78, 5) is 56.6. The van der Waals surface area contributed by atoms with Crippen molar-refractivity contribution in [3.05, 3.63) is 30.4 Å². The third-order valence-electron chi connectivity index (χ3n) is 11.0. The molecule has 3 fully saturated rings. The van der Waals surface area contributed by atoms with Crippen LogP contribution in [0.25, 0.3) is 6.08 Å². The number of carbonyl (C=O) groups excluding carboxylic acids is 3. The van der Waals surface area contributed by atoms with E-state index in [2.05, 4.69) is 15.1 Å². The zero-order chi connectivity index (χ0) is 39.2. The highest BCUT2D eigenvalue weighted by Gasteiger charge is 2.58. The average molecular weight is 747 g/mol. The molecule has 1 aromatic heterocycles. The Morgan fingerprint density at radius 1 is 1.06 bits per heavy atom. The number of hydrogen-bond donors (Lipinski definition) is 1. The lowest BCUT2D eigenvalue weighted by Gasteiger charge is -2.47. The number of fused-ring (bicyclic) bond motifs is 1. The fraction of sp³-hybridized carbons (Fsp3) is 0.737. The van der Waals surface area contributed by atoms with Gasteiger partial charge < -0.3 is 43.3 Å². The highest BCUT2D eigenvalue weighted by Crippen LogP contribution is 2.42. The summed E-state index contributed by atoms with van der Waals surface area (Å²) in [6, 6.07) is -0.272. The first kappa shape index (κ1) is 42.2. The lowest BCUT2D eigenvalue weighted by molar-refractivity contribution is -0.295. The molecular formula is C38H58N4O11. The van der Waals surface area contributed by atoms with Crippen molar-refractivity contribution in [1.29, 1.82) is 0 Å². The first-order valence-electron chi connectivity index (χ1n) is 18.4. The molecule has 53 heavy (non-hydrogen) atoms. The maximum atomic E-state index is 14.2. The van der Waals surface area contributed by atoms with E-state index in [1.54, 1.807) is 45.3 Å². The number of likely N-dealkylation sites (N-methyl/N-ethyl adjacent to an activating group) is 1. The summed E-state index contributed by atoms with van der Waals surface area (Å²) >= 11 is 0. The van der Waals surface area contributed by atoms with Crippen molar-refractivity contribution in [3.63, 3.8) is 0 Å². The molecule has 3 aliphatic rings. The first-order chi connectivity index (χ1) is 25.0. The number of aliphatic hydroxyl groups excluding tert-OH is 1. The molecule has 1 N–H and O–H groups in total. The number of rotatable bonds is 9. The number of nitrogens with zero attached hydrogens (tertiary/aromatic N) is 4. The van der Waals surface area contributed by atoms with E-state index in [9.17, 15) is 19.5 Å². The third kappa shape index (κ3) is 9.42. The van der Waals surface area contributed by atoms with Crippen LogP contribution in [0.3, 0.4) is 0 Å². The normalized spacial score (nSPS) is 39.7. The minimum atomic E-state index is -1.42. The third-order valence-corrected chi connectivity index (χ3v) is 11.0. The summed E-state index contributed by atoms with van der Waals surface area (Å²) in [6.45, 7) is 14.2. The van der Waals surface area contributed by atoms with Crippen LogP contribution in [0.1, 0.15) is 80.2 Å². The van der Waals surface area contributed by atoms with Gasteiger partial charge in [0.15, 0.2) is 23.8 Å². The number of Topliss-reactive ketones (excluding diaryl/α,β-unsaturated/α-hetero) is 1. The number of ketones is 1. The average Bonchev–Trinajstić information content (AvgIpc) is 3.44. The van der Waals surface area contributed by atoms with Gasteiger partial charge in [-0.3, -0.25) is 9.59 Å². The molecule has 0 unspecified atom stereocenters. The van der Waals surface area contributed by atoms with Crippen LogP contribution in [-0.4, -0.2) is 125 Å². The van der Waals surface area contributed by atoms with Crippen molar-refractivity contribution in [3.8, 4) is 0 Å². The Labute approximate surface area is 312 Å². The maximum absolute atomic E-state index is 14.2. The lowest BCUT2D eigenvalue weighted by atomic mass is 9.74. The standard InChI is InChI=1S/C38H58N4O11/c1-12-28-38(8)33(52-36(46)53-38)23(4)29(41-48-15-13-14-26-18-39-20-40-19-26)21(2)17-37(7,47-11)32(24(5)30(43)25(6)34(45)50-28)51-35-31(44)27(42(9)10)16-22(3)49-35/h13-14,18-25,27-28,31-33,35,44H,12,15-17H2,1-11H3/b14-13+,41-29+/t21-,22-,23+,24+,25-,27+,28-,31-,32-,33+,35-,37-,38-/m1/s1.